The average molecular weight is 210 g/mol. The predicted molar refractivity (Wildman–Crippen MR) is 62.7 cm³/mol. The van der Waals surface area contributed by atoms with E-state index in [1.54, 1.807) is 0 Å². The second-order valence-corrected chi connectivity index (χ2v) is 3.84. The Bertz CT molecular complexity index is 309. The van der Waals surface area contributed by atoms with Crippen LogP contribution in [0.2, 0.25) is 5.02 Å². The zero-order valence-corrected chi connectivity index (χ0v) is 9.38. The summed E-state index contributed by atoms with van der Waals surface area (Å²) in [4.78, 5) is 0. The van der Waals surface area contributed by atoms with Gasteiger partial charge in [-0.15, -0.1) is 6.58 Å². The minimum atomic E-state index is 0.247. The van der Waals surface area contributed by atoms with E-state index in [-0.39, 0.29) is 6.04 Å². The second-order valence-electron chi connectivity index (χ2n) is 3.43. The van der Waals surface area contributed by atoms with Gasteiger partial charge >= 0.3 is 0 Å². The van der Waals surface area contributed by atoms with Crippen molar-refractivity contribution in [2.75, 3.05) is 0 Å². The van der Waals surface area contributed by atoms with Crippen LogP contribution in [0.3, 0.4) is 0 Å². The molecule has 0 aromatic heterocycles. The topological polar surface area (TPSA) is 12.0 Å². The highest BCUT2D eigenvalue weighted by Crippen LogP contribution is 2.22. The average Bonchev–Trinajstić information content (AvgIpc) is 2.18. The molecule has 1 N–H and O–H groups in total. The van der Waals surface area contributed by atoms with Gasteiger partial charge in [-0.3, -0.25) is 0 Å². The molecule has 0 aliphatic heterocycles. The van der Waals surface area contributed by atoms with E-state index in [0.717, 1.165) is 10.6 Å². The lowest BCUT2D eigenvalue weighted by Gasteiger charge is -2.18. The molecule has 0 amide bonds. The lowest BCUT2D eigenvalue weighted by molar-refractivity contribution is 0.537. The summed E-state index contributed by atoms with van der Waals surface area (Å²) < 4.78 is 0. The maximum atomic E-state index is 6.08. The van der Waals surface area contributed by atoms with Gasteiger partial charge in [-0.25, -0.2) is 0 Å². The Balaban J connectivity index is 2.74. The van der Waals surface area contributed by atoms with Crippen molar-refractivity contribution >= 4 is 11.6 Å². The summed E-state index contributed by atoms with van der Waals surface area (Å²) in [5, 5.41) is 4.19. The third-order valence-electron chi connectivity index (χ3n) is 2.24. The molecule has 0 spiro atoms. The molecule has 0 aliphatic carbocycles. The normalized spacial score (nSPS) is 14.8. The van der Waals surface area contributed by atoms with Crippen molar-refractivity contribution in [2.24, 2.45) is 0 Å². The SMILES string of the molecule is C=CC(C)N[C@@H](C)c1ccccc1Cl. The lowest BCUT2D eigenvalue weighted by Crippen LogP contribution is -2.27. The smallest absolute Gasteiger partial charge is 0.0453 e. The third kappa shape index (κ3) is 2.86. The van der Waals surface area contributed by atoms with Crippen LogP contribution in [0, 0.1) is 0 Å². The van der Waals surface area contributed by atoms with Gasteiger partial charge in [-0.1, -0.05) is 35.9 Å². The van der Waals surface area contributed by atoms with E-state index in [9.17, 15) is 0 Å². The molecule has 14 heavy (non-hydrogen) atoms. The summed E-state index contributed by atoms with van der Waals surface area (Å²) in [6, 6.07) is 8.43. The third-order valence-corrected chi connectivity index (χ3v) is 2.58. The van der Waals surface area contributed by atoms with Crippen molar-refractivity contribution in [3.63, 3.8) is 0 Å². The first-order valence-electron chi connectivity index (χ1n) is 4.78. The summed E-state index contributed by atoms with van der Waals surface area (Å²) in [5.41, 5.74) is 1.13. The van der Waals surface area contributed by atoms with Gasteiger partial charge in [0, 0.05) is 17.1 Å². The van der Waals surface area contributed by atoms with E-state index in [1.165, 1.54) is 0 Å². The van der Waals surface area contributed by atoms with E-state index in [2.05, 4.69) is 25.7 Å². The quantitative estimate of drug-likeness (QED) is 0.748. The largest absolute Gasteiger partial charge is 0.304 e. The maximum absolute atomic E-state index is 6.08. The van der Waals surface area contributed by atoms with Gasteiger partial charge in [-0.05, 0) is 25.5 Å². The zero-order chi connectivity index (χ0) is 10.6. The highest BCUT2D eigenvalue weighted by Gasteiger charge is 2.09. The van der Waals surface area contributed by atoms with Crippen LogP contribution in [-0.4, -0.2) is 6.04 Å². The minimum absolute atomic E-state index is 0.247. The highest BCUT2D eigenvalue weighted by atomic mass is 35.5. The zero-order valence-electron chi connectivity index (χ0n) is 8.63. The Morgan fingerprint density at radius 1 is 1.36 bits per heavy atom. The molecule has 1 aromatic carbocycles. The van der Waals surface area contributed by atoms with Gasteiger partial charge in [0.15, 0.2) is 0 Å². The Morgan fingerprint density at radius 2 is 2.00 bits per heavy atom. The van der Waals surface area contributed by atoms with Gasteiger partial charge in [0.2, 0.25) is 0 Å². The molecule has 0 bridgehead atoms. The Morgan fingerprint density at radius 3 is 2.57 bits per heavy atom. The molecule has 1 unspecified atom stereocenters. The fourth-order valence-electron chi connectivity index (χ4n) is 1.38. The summed E-state index contributed by atoms with van der Waals surface area (Å²) in [6.07, 6.45) is 1.88. The molecular formula is C12H16ClN. The van der Waals surface area contributed by atoms with Gasteiger partial charge in [0.1, 0.15) is 0 Å². The molecule has 0 fully saturated rings. The van der Waals surface area contributed by atoms with Crippen LogP contribution in [0.15, 0.2) is 36.9 Å². The minimum Gasteiger partial charge on any atom is -0.304 e. The Kier molecular flexibility index (Phi) is 4.18. The number of rotatable bonds is 4. The van der Waals surface area contributed by atoms with Crippen LogP contribution in [0.4, 0.5) is 0 Å². The first kappa shape index (κ1) is 11.3. The first-order valence-corrected chi connectivity index (χ1v) is 5.16. The number of hydrogen-bond donors (Lipinski definition) is 1. The number of hydrogen-bond acceptors (Lipinski definition) is 1. The highest BCUT2D eigenvalue weighted by molar-refractivity contribution is 6.31. The summed E-state index contributed by atoms with van der Waals surface area (Å²) in [5.74, 6) is 0. The lowest BCUT2D eigenvalue weighted by atomic mass is 10.1. The molecule has 2 atom stereocenters. The molecule has 0 radical (unpaired) electrons. The second kappa shape index (κ2) is 5.18. The van der Waals surface area contributed by atoms with Crippen molar-refractivity contribution in [1.29, 1.82) is 0 Å². The van der Waals surface area contributed by atoms with Crippen molar-refractivity contribution in [2.45, 2.75) is 25.9 Å². The maximum Gasteiger partial charge on any atom is 0.0453 e. The molecule has 0 heterocycles. The molecule has 1 rings (SSSR count). The van der Waals surface area contributed by atoms with Gasteiger partial charge < -0.3 is 5.32 Å². The first-order chi connectivity index (χ1) is 6.65. The molecule has 0 saturated heterocycles. The van der Waals surface area contributed by atoms with Gasteiger partial charge in [0.05, 0.1) is 0 Å². The van der Waals surface area contributed by atoms with E-state index >= 15 is 0 Å². The summed E-state index contributed by atoms with van der Waals surface area (Å²) in [6.45, 7) is 7.90. The summed E-state index contributed by atoms with van der Waals surface area (Å²) >= 11 is 6.08. The standard InChI is InChI=1S/C12H16ClN/c1-4-9(2)14-10(3)11-7-5-6-8-12(11)13/h4-10,14H,1H2,2-3H3/t9?,10-/m0/s1. The predicted octanol–water partition coefficient (Wildman–Crippen LogP) is 3.57. The fraction of sp³-hybridized carbons (Fsp3) is 0.333. The molecule has 0 saturated carbocycles. The molecule has 76 valence electrons. The number of halogens is 1. The van der Waals surface area contributed by atoms with E-state index < -0.39 is 0 Å². The summed E-state index contributed by atoms with van der Waals surface area (Å²) in [7, 11) is 0. The van der Waals surface area contributed by atoms with Gasteiger partial charge in [-0.2, -0.15) is 0 Å². The van der Waals surface area contributed by atoms with Crippen molar-refractivity contribution < 1.29 is 0 Å². The van der Waals surface area contributed by atoms with Crippen LogP contribution >= 0.6 is 11.6 Å². The van der Waals surface area contributed by atoms with Crippen molar-refractivity contribution in [3.8, 4) is 0 Å². The van der Waals surface area contributed by atoms with E-state index in [1.807, 2.05) is 30.3 Å². The van der Waals surface area contributed by atoms with Crippen LogP contribution in [0.1, 0.15) is 25.5 Å². The monoisotopic (exact) mass is 209 g/mol. The number of nitrogens with one attached hydrogen (secondary N) is 1. The van der Waals surface area contributed by atoms with Crippen LogP contribution in [0.5, 0.6) is 0 Å². The van der Waals surface area contributed by atoms with Crippen molar-refractivity contribution in [1.82, 2.24) is 5.32 Å². The van der Waals surface area contributed by atoms with Crippen LogP contribution in [-0.2, 0) is 0 Å². The number of benzene rings is 1. The van der Waals surface area contributed by atoms with Crippen LogP contribution in [0.25, 0.3) is 0 Å². The van der Waals surface area contributed by atoms with E-state index in [0.29, 0.717) is 6.04 Å². The Hall–Kier alpha value is -0.790. The van der Waals surface area contributed by atoms with Gasteiger partial charge in [0.25, 0.3) is 0 Å². The molecule has 1 nitrogen and oxygen atoms in total. The fourth-order valence-corrected chi connectivity index (χ4v) is 1.68. The van der Waals surface area contributed by atoms with Crippen molar-refractivity contribution in [3.05, 3.63) is 47.5 Å². The molecule has 2 heteroatoms. The Labute approximate surface area is 90.8 Å². The van der Waals surface area contributed by atoms with Crippen LogP contribution < -0.4 is 5.32 Å². The molecule has 0 aliphatic rings. The van der Waals surface area contributed by atoms with E-state index in [4.69, 9.17) is 11.6 Å². The molecular weight excluding hydrogens is 194 g/mol. The molecule has 1 aromatic rings.